The Labute approximate surface area is 175 Å². The Hall–Kier alpha value is -1.47. The standard InChI is InChI=1S/C24H33Si4/c1-26(2,22-16-10-7-11-17-22)25(27(3,4)23-18-12-8-13-19-23)28(5,6)24-20-14-9-15-21-24/h7-21H,1-6H3. The van der Waals surface area contributed by atoms with Gasteiger partial charge in [-0.15, -0.1) is 0 Å². The van der Waals surface area contributed by atoms with E-state index >= 15 is 0 Å². The van der Waals surface area contributed by atoms with Crippen LogP contribution in [0.5, 0.6) is 0 Å². The van der Waals surface area contributed by atoms with E-state index in [4.69, 9.17) is 0 Å². The van der Waals surface area contributed by atoms with Gasteiger partial charge >= 0.3 is 0 Å². The third kappa shape index (κ3) is 3.96. The zero-order valence-corrected chi connectivity index (χ0v) is 22.2. The highest BCUT2D eigenvalue weighted by molar-refractivity contribution is 7.86. The minimum atomic E-state index is -1.62. The molecule has 0 bridgehead atoms. The molecular formula is C24H33Si4. The fourth-order valence-corrected chi connectivity index (χ4v) is 82.1. The van der Waals surface area contributed by atoms with Gasteiger partial charge in [0.15, 0.2) is 0 Å². The number of benzene rings is 3. The minimum absolute atomic E-state index is 0.613. The van der Waals surface area contributed by atoms with Gasteiger partial charge < -0.3 is 0 Å². The van der Waals surface area contributed by atoms with Crippen LogP contribution in [0.25, 0.3) is 0 Å². The lowest BCUT2D eigenvalue weighted by Gasteiger charge is -2.49. The quantitative estimate of drug-likeness (QED) is 0.500. The molecule has 0 atom stereocenters. The van der Waals surface area contributed by atoms with E-state index in [0.29, 0.717) is 0 Å². The summed E-state index contributed by atoms with van der Waals surface area (Å²) in [4.78, 5) is 0. The summed E-state index contributed by atoms with van der Waals surface area (Å²) in [5.41, 5.74) is 0. The van der Waals surface area contributed by atoms with Crippen LogP contribution in [0.4, 0.5) is 0 Å². The largest absolute Gasteiger partial charge is 0.0680 e. The summed E-state index contributed by atoms with van der Waals surface area (Å²) in [6.45, 7) is 16.0. The Bertz CT molecular complexity index is 765. The maximum atomic E-state index is 2.67. The van der Waals surface area contributed by atoms with Crippen molar-refractivity contribution in [2.75, 3.05) is 0 Å². The molecule has 0 aliphatic carbocycles. The van der Waals surface area contributed by atoms with Crippen molar-refractivity contribution in [3.05, 3.63) is 91.0 Å². The van der Waals surface area contributed by atoms with Gasteiger partial charge in [0.25, 0.3) is 0 Å². The molecule has 3 aromatic carbocycles. The number of hydrogen-bond donors (Lipinski definition) is 0. The molecule has 0 aromatic heterocycles. The van der Waals surface area contributed by atoms with Crippen LogP contribution in [0, 0.1) is 0 Å². The van der Waals surface area contributed by atoms with E-state index < -0.39 is 30.1 Å². The van der Waals surface area contributed by atoms with Crippen LogP contribution < -0.4 is 15.6 Å². The van der Waals surface area contributed by atoms with Crippen molar-refractivity contribution in [3.8, 4) is 0 Å². The Kier molecular flexibility index (Phi) is 6.15. The molecule has 0 nitrogen and oxygen atoms in total. The fourth-order valence-electron chi connectivity index (χ4n) is 5.34. The average molecular weight is 434 g/mol. The van der Waals surface area contributed by atoms with Gasteiger partial charge in [0.1, 0.15) is 0 Å². The maximum Gasteiger partial charge on any atom is 0.0673 e. The molecule has 0 aliphatic heterocycles. The zero-order valence-electron chi connectivity index (χ0n) is 18.2. The summed E-state index contributed by atoms with van der Waals surface area (Å²) in [5.74, 6) is 0. The zero-order chi connectivity index (χ0) is 20.4. The molecule has 3 aromatic rings. The van der Waals surface area contributed by atoms with Gasteiger partial charge in [-0.3, -0.25) is 0 Å². The van der Waals surface area contributed by atoms with Gasteiger partial charge in [-0.05, 0) is 0 Å². The van der Waals surface area contributed by atoms with Crippen LogP contribution in [-0.2, 0) is 0 Å². The summed E-state index contributed by atoms with van der Waals surface area (Å²) in [6, 6.07) is 34.5. The maximum absolute atomic E-state index is 2.67. The fraction of sp³-hybridized carbons (Fsp3) is 0.250. The van der Waals surface area contributed by atoms with Gasteiger partial charge in [-0.25, -0.2) is 0 Å². The summed E-state index contributed by atoms with van der Waals surface area (Å²) in [7, 11) is -5.47. The van der Waals surface area contributed by atoms with Crippen molar-refractivity contribution in [2.45, 2.75) is 39.3 Å². The highest BCUT2D eigenvalue weighted by Crippen LogP contribution is 2.26. The highest BCUT2D eigenvalue weighted by atomic mass is 29.9. The molecule has 4 heteroatoms. The van der Waals surface area contributed by atoms with Gasteiger partial charge in [0.05, 0.1) is 22.8 Å². The molecule has 0 amide bonds. The lowest BCUT2D eigenvalue weighted by molar-refractivity contribution is 1.70. The number of hydrogen-bond acceptors (Lipinski definition) is 0. The Morgan fingerprint density at radius 3 is 0.821 bits per heavy atom. The van der Waals surface area contributed by atoms with E-state index in [2.05, 4.69) is 130 Å². The van der Waals surface area contributed by atoms with Gasteiger partial charge in [0, 0.05) is 7.35 Å². The van der Waals surface area contributed by atoms with Crippen LogP contribution in [0.2, 0.25) is 39.3 Å². The first kappa shape index (κ1) is 21.2. The summed E-state index contributed by atoms with van der Waals surface area (Å²) >= 11 is 0. The van der Waals surface area contributed by atoms with Crippen LogP contribution in [0.15, 0.2) is 91.0 Å². The molecule has 0 saturated carbocycles. The van der Waals surface area contributed by atoms with Crippen molar-refractivity contribution >= 4 is 45.7 Å². The molecule has 3 rings (SSSR count). The highest BCUT2D eigenvalue weighted by Gasteiger charge is 2.55. The predicted octanol–water partition coefficient (Wildman–Crippen LogP) is 4.56. The summed E-state index contributed by atoms with van der Waals surface area (Å²) in [5, 5.41) is 4.95. The normalized spacial score (nSPS) is 13.0. The minimum Gasteiger partial charge on any atom is -0.0680 e. The first-order valence-corrected chi connectivity index (χ1v) is 23.7. The molecule has 1 radical (unpaired) electrons. The first-order valence-electron chi connectivity index (χ1n) is 10.2. The van der Waals surface area contributed by atoms with Crippen molar-refractivity contribution in [2.24, 2.45) is 0 Å². The van der Waals surface area contributed by atoms with Crippen LogP contribution in [0.3, 0.4) is 0 Å². The third-order valence-corrected chi connectivity index (χ3v) is 63.0. The predicted molar refractivity (Wildman–Crippen MR) is 136 cm³/mol. The van der Waals surface area contributed by atoms with E-state index in [1.807, 2.05) is 0 Å². The third-order valence-electron chi connectivity index (χ3n) is 6.36. The molecule has 28 heavy (non-hydrogen) atoms. The van der Waals surface area contributed by atoms with Gasteiger partial charge in [0.2, 0.25) is 0 Å². The van der Waals surface area contributed by atoms with E-state index in [9.17, 15) is 0 Å². The first-order chi connectivity index (χ1) is 13.2. The summed E-state index contributed by atoms with van der Waals surface area (Å²) < 4.78 is 0. The Morgan fingerprint density at radius 1 is 0.393 bits per heavy atom. The van der Waals surface area contributed by atoms with Crippen molar-refractivity contribution in [1.29, 1.82) is 0 Å². The second kappa shape index (κ2) is 8.11. The van der Waals surface area contributed by atoms with Crippen LogP contribution in [-0.4, -0.2) is 30.1 Å². The Morgan fingerprint density at radius 2 is 0.607 bits per heavy atom. The topological polar surface area (TPSA) is 0 Å². The second-order valence-electron chi connectivity index (χ2n) is 9.35. The average Bonchev–Trinajstić information content (AvgIpc) is 2.69. The SMILES string of the molecule is C[Si](C)(c1ccccc1)[Si]([Si](C)(C)c1ccccc1)[Si](C)(C)c1ccccc1. The lowest BCUT2D eigenvalue weighted by Crippen LogP contribution is -2.82. The van der Waals surface area contributed by atoms with Gasteiger partial charge in [-0.1, -0.05) is 146 Å². The van der Waals surface area contributed by atoms with Crippen molar-refractivity contribution < 1.29 is 0 Å². The molecule has 0 heterocycles. The molecular weight excluding hydrogens is 401 g/mol. The van der Waals surface area contributed by atoms with Crippen LogP contribution in [0.1, 0.15) is 0 Å². The Balaban J connectivity index is 2.23. The lowest BCUT2D eigenvalue weighted by atomic mass is 10.4. The van der Waals surface area contributed by atoms with Crippen molar-refractivity contribution in [1.82, 2.24) is 0 Å². The second-order valence-corrected chi connectivity index (χ2v) is 41.8. The van der Waals surface area contributed by atoms with E-state index in [1.165, 1.54) is 0 Å². The number of rotatable bonds is 6. The monoisotopic (exact) mass is 433 g/mol. The van der Waals surface area contributed by atoms with E-state index in [0.717, 1.165) is 0 Å². The molecule has 0 aliphatic rings. The van der Waals surface area contributed by atoms with Gasteiger partial charge in [-0.2, -0.15) is 0 Å². The molecule has 0 spiro atoms. The molecule has 0 N–H and O–H groups in total. The molecule has 0 unspecified atom stereocenters. The van der Waals surface area contributed by atoms with E-state index in [-0.39, 0.29) is 0 Å². The van der Waals surface area contributed by atoms with Crippen molar-refractivity contribution in [3.63, 3.8) is 0 Å². The van der Waals surface area contributed by atoms with Crippen LogP contribution >= 0.6 is 0 Å². The molecule has 0 fully saturated rings. The smallest absolute Gasteiger partial charge is 0.0673 e. The summed E-state index contributed by atoms with van der Waals surface area (Å²) in [6.07, 6.45) is 0. The molecule has 0 saturated heterocycles. The van der Waals surface area contributed by atoms with E-state index in [1.54, 1.807) is 15.6 Å². The molecule has 145 valence electrons.